The third-order valence-electron chi connectivity index (χ3n) is 4.70. The molecule has 6 nitrogen and oxygen atoms in total. The zero-order valence-corrected chi connectivity index (χ0v) is 17.8. The molecule has 3 rings (SSSR count). The Morgan fingerprint density at radius 2 is 1.68 bits per heavy atom. The number of hydrogen-bond acceptors (Lipinski definition) is 4. The van der Waals surface area contributed by atoms with E-state index in [0.717, 1.165) is 16.4 Å². The lowest BCUT2D eigenvalue weighted by Gasteiger charge is -2.22. The summed E-state index contributed by atoms with van der Waals surface area (Å²) >= 11 is 0. The number of carbonyl (C=O) groups excluding carboxylic acids is 1. The number of benzene rings is 3. The van der Waals surface area contributed by atoms with Crippen LogP contribution in [0.3, 0.4) is 0 Å². The van der Waals surface area contributed by atoms with E-state index < -0.39 is 27.6 Å². The SMILES string of the molecule is COc1ccc(S(=O)(=O)N(C)c2ccc(C(=O)Nc3ccc(F)cc3F)cc2C)cc1. The highest BCUT2D eigenvalue weighted by Crippen LogP contribution is 2.27. The molecule has 3 aromatic carbocycles. The molecule has 0 spiro atoms. The first kappa shape index (κ1) is 22.2. The second kappa shape index (κ2) is 8.73. The van der Waals surface area contributed by atoms with Gasteiger partial charge in [-0.1, -0.05) is 0 Å². The van der Waals surface area contributed by atoms with Crippen LogP contribution in [-0.2, 0) is 10.0 Å². The smallest absolute Gasteiger partial charge is 0.264 e. The van der Waals surface area contributed by atoms with Crippen molar-refractivity contribution in [2.45, 2.75) is 11.8 Å². The van der Waals surface area contributed by atoms with E-state index in [1.54, 1.807) is 19.1 Å². The van der Waals surface area contributed by atoms with Gasteiger partial charge in [-0.15, -0.1) is 0 Å². The molecule has 0 atom stereocenters. The topological polar surface area (TPSA) is 75.7 Å². The molecule has 162 valence electrons. The minimum atomic E-state index is -3.84. The first-order chi connectivity index (χ1) is 14.6. The van der Waals surface area contributed by atoms with E-state index in [9.17, 15) is 22.0 Å². The van der Waals surface area contributed by atoms with Crippen LogP contribution in [0.15, 0.2) is 65.6 Å². The number of anilines is 2. The number of sulfonamides is 1. The summed E-state index contributed by atoms with van der Waals surface area (Å²) in [7, 11) is -0.939. The van der Waals surface area contributed by atoms with E-state index in [2.05, 4.69) is 5.32 Å². The zero-order valence-electron chi connectivity index (χ0n) is 17.0. The van der Waals surface area contributed by atoms with Crippen LogP contribution in [0, 0.1) is 18.6 Å². The van der Waals surface area contributed by atoms with E-state index >= 15 is 0 Å². The number of amides is 1. The van der Waals surface area contributed by atoms with Gasteiger partial charge in [-0.3, -0.25) is 9.10 Å². The summed E-state index contributed by atoms with van der Waals surface area (Å²) in [4.78, 5) is 12.5. The minimum absolute atomic E-state index is 0.0869. The summed E-state index contributed by atoms with van der Waals surface area (Å²) in [5.74, 6) is -1.73. The number of ether oxygens (including phenoxy) is 1. The molecule has 31 heavy (non-hydrogen) atoms. The fourth-order valence-corrected chi connectivity index (χ4v) is 4.23. The molecule has 0 aliphatic heterocycles. The van der Waals surface area contributed by atoms with Crippen LogP contribution in [0.1, 0.15) is 15.9 Å². The summed E-state index contributed by atoms with van der Waals surface area (Å²) in [6, 6.07) is 13.2. The lowest BCUT2D eigenvalue weighted by Crippen LogP contribution is -2.27. The molecule has 0 unspecified atom stereocenters. The van der Waals surface area contributed by atoms with Gasteiger partial charge in [0.2, 0.25) is 0 Å². The van der Waals surface area contributed by atoms with Gasteiger partial charge in [-0.25, -0.2) is 17.2 Å². The van der Waals surface area contributed by atoms with Crippen molar-refractivity contribution < 1.29 is 26.7 Å². The standard InChI is InChI=1S/C22H20F2N2O4S/c1-14-12-15(22(27)25-20-10-5-16(23)13-19(20)24)4-11-21(14)26(2)31(28,29)18-8-6-17(30-3)7-9-18/h4-13H,1-3H3,(H,25,27). The summed E-state index contributed by atoms with van der Waals surface area (Å²) in [5.41, 5.74) is 0.930. The monoisotopic (exact) mass is 446 g/mol. The number of carbonyl (C=O) groups is 1. The molecule has 1 amide bonds. The highest BCUT2D eigenvalue weighted by molar-refractivity contribution is 7.92. The predicted molar refractivity (Wildman–Crippen MR) is 114 cm³/mol. The van der Waals surface area contributed by atoms with E-state index in [1.807, 2.05) is 0 Å². The Morgan fingerprint density at radius 1 is 1.00 bits per heavy atom. The lowest BCUT2D eigenvalue weighted by molar-refractivity contribution is 0.102. The maximum Gasteiger partial charge on any atom is 0.264 e. The van der Waals surface area contributed by atoms with Crippen molar-refractivity contribution in [2.75, 3.05) is 23.8 Å². The molecule has 0 aromatic heterocycles. The van der Waals surface area contributed by atoms with Gasteiger partial charge in [0.25, 0.3) is 15.9 Å². The van der Waals surface area contributed by atoms with Gasteiger partial charge >= 0.3 is 0 Å². The predicted octanol–water partition coefficient (Wildman–Crippen LogP) is 4.36. The van der Waals surface area contributed by atoms with Crippen molar-refractivity contribution in [1.29, 1.82) is 0 Å². The highest BCUT2D eigenvalue weighted by Gasteiger charge is 2.23. The molecular weight excluding hydrogens is 426 g/mol. The molecule has 0 fully saturated rings. The van der Waals surface area contributed by atoms with Crippen LogP contribution >= 0.6 is 0 Å². The zero-order chi connectivity index (χ0) is 22.8. The Morgan fingerprint density at radius 3 is 2.26 bits per heavy atom. The Balaban J connectivity index is 1.84. The lowest BCUT2D eigenvalue weighted by atomic mass is 10.1. The molecule has 0 saturated heterocycles. The van der Waals surface area contributed by atoms with Gasteiger partial charge in [0, 0.05) is 18.7 Å². The number of methoxy groups -OCH3 is 1. The Labute approximate surface area is 179 Å². The third-order valence-corrected chi connectivity index (χ3v) is 6.48. The summed E-state index contributed by atoms with van der Waals surface area (Å²) in [6.45, 7) is 1.66. The maximum absolute atomic E-state index is 13.8. The van der Waals surface area contributed by atoms with Crippen molar-refractivity contribution in [3.05, 3.63) is 83.4 Å². The summed E-state index contributed by atoms with van der Waals surface area (Å²) in [5, 5.41) is 2.37. The quantitative estimate of drug-likeness (QED) is 0.611. The van der Waals surface area contributed by atoms with Crippen molar-refractivity contribution >= 4 is 27.3 Å². The van der Waals surface area contributed by atoms with Gasteiger partial charge in [-0.2, -0.15) is 0 Å². The molecule has 0 heterocycles. The minimum Gasteiger partial charge on any atom is -0.497 e. The van der Waals surface area contributed by atoms with E-state index in [-0.39, 0.29) is 16.1 Å². The molecule has 0 bridgehead atoms. The van der Waals surface area contributed by atoms with Gasteiger partial charge in [0.15, 0.2) is 0 Å². The third kappa shape index (κ3) is 4.66. The van der Waals surface area contributed by atoms with Crippen molar-refractivity contribution in [1.82, 2.24) is 0 Å². The largest absolute Gasteiger partial charge is 0.497 e. The fraction of sp³-hybridized carbons (Fsp3) is 0.136. The number of halogens is 2. The molecule has 0 aliphatic rings. The number of hydrogen-bond donors (Lipinski definition) is 1. The van der Waals surface area contributed by atoms with Gasteiger partial charge in [0.1, 0.15) is 17.4 Å². The van der Waals surface area contributed by atoms with Crippen molar-refractivity contribution in [3.8, 4) is 5.75 Å². The Bertz CT molecular complexity index is 1230. The Hall–Kier alpha value is -3.46. The number of aryl methyl sites for hydroxylation is 1. The van der Waals surface area contributed by atoms with Crippen LogP contribution in [0.5, 0.6) is 5.75 Å². The highest BCUT2D eigenvalue weighted by atomic mass is 32.2. The molecule has 0 aliphatic carbocycles. The number of rotatable bonds is 6. The Kier molecular flexibility index (Phi) is 6.26. The second-order valence-electron chi connectivity index (χ2n) is 6.73. The van der Waals surface area contributed by atoms with Crippen LogP contribution in [0.25, 0.3) is 0 Å². The average molecular weight is 446 g/mol. The molecule has 0 saturated carbocycles. The van der Waals surface area contributed by atoms with Crippen LogP contribution in [-0.4, -0.2) is 28.5 Å². The van der Waals surface area contributed by atoms with Crippen LogP contribution < -0.4 is 14.4 Å². The maximum atomic E-state index is 13.8. The first-order valence-corrected chi connectivity index (χ1v) is 10.6. The van der Waals surface area contributed by atoms with Crippen LogP contribution in [0.2, 0.25) is 0 Å². The molecule has 1 N–H and O–H groups in total. The van der Waals surface area contributed by atoms with Gasteiger partial charge < -0.3 is 10.1 Å². The fourth-order valence-electron chi connectivity index (χ4n) is 2.97. The average Bonchev–Trinajstić information content (AvgIpc) is 2.75. The molecular formula is C22H20F2N2O4S. The van der Waals surface area contributed by atoms with Crippen molar-refractivity contribution in [2.24, 2.45) is 0 Å². The number of nitrogens with one attached hydrogen (secondary N) is 1. The van der Waals surface area contributed by atoms with Gasteiger partial charge in [0.05, 0.1) is 23.4 Å². The normalized spacial score (nSPS) is 11.1. The number of nitrogens with zero attached hydrogens (tertiary/aromatic N) is 1. The molecule has 9 heteroatoms. The van der Waals surface area contributed by atoms with E-state index in [1.165, 1.54) is 44.5 Å². The second-order valence-corrected chi connectivity index (χ2v) is 8.70. The summed E-state index contributed by atoms with van der Waals surface area (Å²) in [6.07, 6.45) is 0. The molecule has 3 aromatic rings. The van der Waals surface area contributed by atoms with E-state index in [4.69, 9.17) is 4.74 Å². The van der Waals surface area contributed by atoms with E-state index in [0.29, 0.717) is 23.1 Å². The first-order valence-electron chi connectivity index (χ1n) is 9.13. The van der Waals surface area contributed by atoms with Gasteiger partial charge in [-0.05, 0) is 67.1 Å². The summed E-state index contributed by atoms with van der Waals surface area (Å²) < 4.78 is 58.9. The van der Waals surface area contributed by atoms with Crippen LogP contribution in [0.4, 0.5) is 20.2 Å². The van der Waals surface area contributed by atoms with Crippen molar-refractivity contribution in [3.63, 3.8) is 0 Å². The molecule has 0 radical (unpaired) electrons.